The highest BCUT2D eigenvalue weighted by Gasteiger charge is 2.73. The number of carbonyl (C=O) groups excluding carboxylic acids is 2. The molecule has 5 fully saturated rings. The molecule has 0 radical (unpaired) electrons. The maximum Gasteiger partial charge on any atom is 0.255 e. The van der Waals surface area contributed by atoms with Gasteiger partial charge < -0.3 is 15.2 Å². The van der Waals surface area contributed by atoms with Crippen LogP contribution in [0.25, 0.3) is 22.3 Å². The first kappa shape index (κ1) is 38.4. The van der Waals surface area contributed by atoms with Gasteiger partial charge in [-0.1, -0.05) is 42.5 Å². The van der Waals surface area contributed by atoms with Gasteiger partial charge in [-0.15, -0.1) is 0 Å². The summed E-state index contributed by atoms with van der Waals surface area (Å²) < 4.78 is 0. The molecule has 2 aliphatic heterocycles. The number of nitrogens with one attached hydrogen (secondary N) is 2. The Hall–Kier alpha value is -5.78. The third-order valence-corrected chi connectivity index (χ3v) is 14.2. The number of carbonyl (C=O) groups is 2. The lowest BCUT2D eigenvalue weighted by Crippen LogP contribution is -2.71. The minimum absolute atomic E-state index is 0.0323. The number of hydrogen-bond acceptors (Lipinski definition) is 8. The molecule has 2 N–H and O–H groups in total. The first-order valence-corrected chi connectivity index (χ1v) is 21.6. The number of aromatic amines is 1. The van der Waals surface area contributed by atoms with E-state index in [0.717, 1.165) is 117 Å². The van der Waals surface area contributed by atoms with E-state index in [0.29, 0.717) is 11.5 Å². The van der Waals surface area contributed by atoms with Gasteiger partial charge in [-0.25, -0.2) is 9.97 Å². The fourth-order valence-corrected chi connectivity index (χ4v) is 11.0. The molecule has 4 aromatic heterocycles. The van der Waals surface area contributed by atoms with Crippen molar-refractivity contribution in [3.8, 4) is 11.3 Å². The van der Waals surface area contributed by atoms with Crippen molar-refractivity contribution in [2.75, 3.05) is 44.6 Å². The van der Waals surface area contributed by atoms with Crippen molar-refractivity contribution in [1.29, 1.82) is 0 Å². The zero-order chi connectivity index (χ0) is 41.0. The van der Waals surface area contributed by atoms with Crippen LogP contribution in [0.15, 0.2) is 97.6 Å². The number of aryl methyl sites for hydroxylation is 2. The smallest absolute Gasteiger partial charge is 0.255 e. The van der Waals surface area contributed by atoms with Gasteiger partial charge >= 0.3 is 0 Å². The van der Waals surface area contributed by atoms with Crippen molar-refractivity contribution in [2.45, 2.75) is 76.8 Å². The zero-order valence-electron chi connectivity index (χ0n) is 34.8. The van der Waals surface area contributed by atoms with Gasteiger partial charge in [0, 0.05) is 85.0 Å². The van der Waals surface area contributed by atoms with Crippen molar-refractivity contribution in [3.05, 3.63) is 137 Å². The van der Waals surface area contributed by atoms with Gasteiger partial charge in [-0.05, 0) is 112 Å². The Morgan fingerprint density at radius 3 is 2.12 bits per heavy atom. The fraction of sp³-hybridized carbons (Fsp3) is 0.388. The van der Waals surface area contributed by atoms with Crippen LogP contribution < -0.4 is 5.32 Å². The molecule has 2 saturated heterocycles. The predicted molar refractivity (Wildman–Crippen MR) is 233 cm³/mol. The molecule has 2 amide bonds. The summed E-state index contributed by atoms with van der Waals surface area (Å²) in [7, 11) is 0. The Kier molecular flexibility index (Phi) is 9.83. The Bertz CT molecular complexity index is 2510. The Balaban J connectivity index is 0.783. The first-order valence-electron chi connectivity index (χ1n) is 21.6. The van der Waals surface area contributed by atoms with Crippen LogP contribution in [0, 0.1) is 26.2 Å². The summed E-state index contributed by atoms with van der Waals surface area (Å²) in [6.07, 6.45) is 11.4. The van der Waals surface area contributed by atoms with E-state index in [2.05, 4.69) is 62.0 Å². The summed E-state index contributed by atoms with van der Waals surface area (Å²) in [5.41, 5.74) is 10.6. The van der Waals surface area contributed by atoms with E-state index in [4.69, 9.17) is 15.0 Å². The molecule has 2 atom stereocenters. The molecule has 6 aromatic rings. The van der Waals surface area contributed by atoms with Gasteiger partial charge in [0.1, 0.15) is 12.0 Å². The highest BCUT2D eigenvalue weighted by Crippen LogP contribution is 2.74. The van der Waals surface area contributed by atoms with E-state index in [-0.39, 0.29) is 28.8 Å². The van der Waals surface area contributed by atoms with Gasteiger partial charge in [-0.2, -0.15) is 0 Å². The summed E-state index contributed by atoms with van der Waals surface area (Å²) in [5.74, 6) is 0.183. The lowest BCUT2D eigenvalue weighted by Gasteiger charge is -2.69. The van der Waals surface area contributed by atoms with Crippen LogP contribution in [0.3, 0.4) is 0 Å². The standard InChI is InChI=1S/C49H53N9O2/c1-32-11-9-19-50-42(32)39-17-8-18-40(43-33(2)12-10-20-51-43)58(39)26-23-56-21-24-57(25-22-56)47(60)49-28-48(29-49,30-49)41-27-37-44(52-31-53-45(37)55-41)36-15-7-16-38(34(36)3)54-46(59)35-13-5-4-6-14-35/h4-7,9-16,19-20,27,31,39-40H,8,17-18,21-26,28-30H2,1-3H3,(H,54,59)(H,52,53,55)/t39-,40+,48?,49?. The van der Waals surface area contributed by atoms with Crippen LogP contribution in [-0.4, -0.2) is 90.7 Å². The number of piperazine rings is 1. The van der Waals surface area contributed by atoms with Crippen molar-refractivity contribution in [1.82, 2.24) is 39.6 Å². The van der Waals surface area contributed by atoms with Crippen molar-refractivity contribution < 1.29 is 9.59 Å². The highest BCUT2D eigenvalue weighted by molar-refractivity contribution is 6.05. The molecule has 6 heterocycles. The van der Waals surface area contributed by atoms with Gasteiger partial charge in [0.25, 0.3) is 5.91 Å². The normalized spacial score (nSPS) is 24.1. The number of hydrogen-bond donors (Lipinski definition) is 2. The van der Waals surface area contributed by atoms with Gasteiger partial charge in [0.05, 0.1) is 34.6 Å². The number of pyridine rings is 2. The van der Waals surface area contributed by atoms with Crippen molar-refractivity contribution in [3.63, 3.8) is 0 Å². The number of rotatable bonds is 10. The van der Waals surface area contributed by atoms with Crippen LogP contribution in [-0.2, 0) is 10.2 Å². The number of anilines is 1. The van der Waals surface area contributed by atoms with Crippen molar-refractivity contribution >= 4 is 28.5 Å². The maximum absolute atomic E-state index is 14.2. The van der Waals surface area contributed by atoms with E-state index in [9.17, 15) is 9.59 Å². The van der Waals surface area contributed by atoms with Crippen LogP contribution >= 0.6 is 0 Å². The summed E-state index contributed by atoms with van der Waals surface area (Å²) in [6, 6.07) is 26.3. The lowest BCUT2D eigenvalue weighted by molar-refractivity contribution is -0.189. The van der Waals surface area contributed by atoms with Crippen LogP contribution in [0.1, 0.15) is 94.7 Å². The van der Waals surface area contributed by atoms with E-state index >= 15 is 0 Å². The third-order valence-electron chi connectivity index (χ3n) is 14.2. The molecule has 2 aromatic carbocycles. The minimum atomic E-state index is -0.259. The zero-order valence-corrected chi connectivity index (χ0v) is 34.8. The largest absolute Gasteiger partial charge is 0.343 e. The SMILES string of the molecule is Cc1cccnc1[C@H]1CCC[C@@H](c2ncccc2C)N1CCN1CCN(C(=O)C23CC(c4cc5c(-c6cccc(NC(=O)c7ccccc7)c6C)ncnc5[nH]4)(C2)C3)CC1. The highest BCUT2D eigenvalue weighted by atomic mass is 16.2. The van der Waals surface area contributed by atoms with Crippen molar-refractivity contribution in [2.24, 2.45) is 5.41 Å². The molecule has 0 spiro atoms. The Morgan fingerprint density at radius 2 is 1.45 bits per heavy atom. The van der Waals surface area contributed by atoms with E-state index in [1.54, 1.807) is 6.33 Å². The number of aromatic nitrogens is 5. The quantitative estimate of drug-likeness (QED) is 0.143. The fourth-order valence-electron chi connectivity index (χ4n) is 11.0. The second kappa shape index (κ2) is 15.4. The summed E-state index contributed by atoms with van der Waals surface area (Å²) in [6.45, 7) is 11.6. The van der Waals surface area contributed by atoms with Crippen LogP contribution in [0.2, 0.25) is 0 Å². The Morgan fingerprint density at radius 1 is 0.767 bits per heavy atom. The topological polar surface area (TPSA) is 123 Å². The average Bonchev–Trinajstić information content (AvgIpc) is 3.68. The maximum atomic E-state index is 14.2. The molecule has 3 saturated carbocycles. The van der Waals surface area contributed by atoms with E-state index < -0.39 is 0 Å². The minimum Gasteiger partial charge on any atom is -0.343 e. The second-order valence-electron chi connectivity index (χ2n) is 17.8. The van der Waals surface area contributed by atoms with Crippen LogP contribution in [0.4, 0.5) is 5.69 Å². The summed E-state index contributed by atoms with van der Waals surface area (Å²) in [5, 5.41) is 4.04. The molecular weight excluding hydrogens is 747 g/mol. The number of amides is 2. The molecular formula is C49H53N9O2. The Labute approximate surface area is 351 Å². The number of H-pyrrole nitrogens is 1. The molecule has 11 heteroatoms. The van der Waals surface area contributed by atoms with Gasteiger partial charge in [0.15, 0.2) is 0 Å². The number of nitrogens with zero attached hydrogens (tertiary/aromatic N) is 7. The molecule has 0 unspecified atom stereocenters. The number of fused-ring (bicyclic) bond motifs is 1. The van der Waals surface area contributed by atoms with E-state index in [1.165, 1.54) is 22.5 Å². The molecule has 2 bridgehead atoms. The average molecular weight is 800 g/mol. The molecule has 60 heavy (non-hydrogen) atoms. The molecule has 11 rings (SSSR count). The third kappa shape index (κ3) is 6.68. The molecule has 5 aliphatic rings. The molecule has 11 nitrogen and oxygen atoms in total. The molecule has 3 aliphatic carbocycles. The van der Waals surface area contributed by atoms with Gasteiger partial charge in [0.2, 0.25) is 5.91 Å². The monoisotopic (exact) mass is 799 g/mol. The number of piperidine rings is 1. The summed E-state index contributed by atoms with van der Waals surface area (Å²) >= 11 is 0. The number of likely N-dealkylation sites (tertiary alicyclic amines) is 1. The second-order valence-corrected chi connectivity index (χ2v) is 17.8. The molecule has 306 valence electrons. The van der Waals surface area contributed by atoms with Gasteiger partial charge in [-0.3, -0.25) is 29.4 Å². The first-order chi connectivity index (χ1) is 29.2. The van der Waals surface area contributed by atoms with E-state index in [1.807, 2.05) is 80.0 Å². The summed E-state index contributed by atoms with van der Waals surface area (Å²) in [4.78, 5) is 57.3. The number of benzene rings is 2. The van der Waals surface area contributed by atoms with Crippen LogP contribution in [0.5, 0.6) is 0 Å². The predicted octanol–water partition coefficient (Wildman–Crippen LogP) is 8.13. The lowest BCUT2D eigenvalue weighted by atomic mass is 9.34.